The maximum absolute atomic E-state index is 11.4. The molecule has 2 aromatic carbocycles. The molecular weight excluding hydrogens is 384 g/mol. The molecule has 0 saturated heterocycles. The van der Waals surface area contributed by atoms with Crippen LogP contribution in [-0.2, 0) is 11.2 Å². The molecule has 0 amide bonds. The third kappa shape index (κ3) is 5.09. The van der Waals surface area contributed by atoms with Gasteiger partial charge in [-0.1, -0.05) is 37.3 Å². The van der Waals surface area contributed by atoms with E-state index in [0.717, 1.165) is 53.6 Å². The quantitative estimate of drug-likeness (QED) is 0.391. The molecule has 1 unspecified atom stereocenters. The minimum Gasteiger partial charge on any atom is -0.481 e. The number of aldehydes is 1. The van der Waals surface area contributed by atoms with E-state index in [2.05, 4.69) is 19.1 Å². The standard InChI is InChI=1S/C24H28O4S/c1-2-21(24(11-12-24)15-22(27)28)29-20-10-4-7-18(9-5-13-25)23(20)19-8-3-6-17(14-19)16-26/h3-4,6-8,10,14,16,21,25H,2,5,9,11-13,15H2,1H3,(H,27,28). The van der Waals surface area contributed by atoms with Crippen molar-refractivity contribution in [1.82, 2.24) is 0 Å². The Kier molecular flexibility index (Phi) is 7.14. The fourth-order valence-electron chi connectivity index (χ4n) is 4.12. The zero-order chi connectivity index (χ0) is 20.9. The number of rotatable bonds is 11. The summed E-state index contributed by atoms with van der Waals surface area (Å²) in [5.74, 6) is -0.725. The van der Waals surface area contributed by atoms with Gasteiger partial charge in [-0.3, -0.25) is 9.59 Å². The Labute approximate surface area is 176 Å². The summed E-state index contributed by atoms with van der Waals surface area (Å²) < 4.78 is 0. The number of aliphatic hydroxyl groups excluding tert-OH is 1. The lowest BCUT2D eigenvalue weighted by molar-refractivity contribution is -0.138. The minimum absolute atomic E-state index is 0.117. The predicted molar refractivity (Wildman–Crippen MR) is 117 cm³/mol. The van der Waals surface area contributed by atoms with E-state index < -0.39 is 5.97 Å². The Bertz CT molecular complexity index is 873. The van der Waals surface area contributed by atoms with Gasteiger partial charge in [0.05, 0.1) is 6.42 Å². The molecule has 0 spiro atoms. The average Bonchev–Trinajstić information content (AvgIpc) is 3.49. The molecule has 1 atom stereocenters. The fourth-order valence-corrected chi connectivity index (χ4v) is 5.68. The van der Waals surface area contributed by atoms with Gasteiger partial charge in [0.2, 0.25) is 0 Å². The molecule has 0 bridgehead atoms. The molecule has 2 aromatic rings. The first-order valence-corrected chi connectivity index (χ1v) is 11.1. The summed E-state index contributed by atoms with van der Waals surface area (Å²) in [6, 6.07) is 13.8. The van der Waals surface area contributed by atoms with Gasteiger partial charge in [0.1, 0.15) is 6.29 Å². The van der Waals surface area contributed by atoms with Crippen LogP contribution in [0.25, 0.3) is 11.1 Å². The molecule has 0 heterocycles. The van der Waals surface area contributed by atoms with Gasteiger partial charge in [0.25, 0.3) is 0 Å². The average molecular weight is 413 g/mol. The number of aliphatic carboxylic acids is 1. The zero-order valence-corrected chi connectivity index (χ0v) is 17.6. The zero-order valence-electron chi connectivity index (χ0n) is 16.8. The summed E-state index contributed by atoms with van der Waals surface area (Å²) in [7, 11) is 0. The molecule has 1 aliphatic rings. The van der Waals surface area contributed by atoms with E-state index in [1.807, 2.05) is 24.3 Å². The Hall–Kier alpha value is -2.11. The van der Waals surface area contributed by atoms with Crippen molar-refractivity contribution in [1.29, 1.82) is 0 Å². The summed E-state index contributed by atoms with van der Waals surface area (Å²) in [5, 5.41) is 18.9. The van der Waals surface area contributed by atoms with Crippen molar-refractivity contribution in [2.75, 3.05) is 6.61 Å². The van der Waals surface area contributed by atoms with Gasteiger partial charge in [0.15, 0.2) is 0 Å². The van der Waals surface area contributed by atoms with Crippen molar-refractivity contribution < 1.29 is 19.8 Å². The second kappa shape index (κ2) is 9.59. The van der Waals surface area contributed by atoms with Crippen molar-refractivity contribution in [3.8, 4) is 11.1 Å². The highest BCUT2D eigenvalue weighted by atomic mass is 32.2. The largest absolute Gasteiger partial charge is 0.481 e. The van der Waals surface area contributed by atoms with Gasteiger partial charge in [-0.2, -0.15) is 0 Å². The fraction of sp³-hybridized carbons (Fsp3) is 0.417. The summed E-state index contributed by atoms with van der Waals surface area (Å²) in [4.78, 5) is 23.8. The molecule has 0 aliphatic heterocycles. The normalized spacial score (nSPS) is 15.7. The van der Waals surface area contributed by atoms with Gasteiger partial charge in [-0.25, -0.2) is 0 Å². The molecule has 1 fully saturated rings. The van der Waals surface area contributed by atoms with Gasteiger partial charge < -0.3 is 10.2 Å². The van der Waals surface area contributed by atoms with Crippen molar-refractivity contribution in [2.24, 2.45) is 5.41 Å². The summed E-state index contributed by atoms with van der Waals surface area (Å²) >= 11 is 1.77. The molecular formula is C24H28O4S. The first-order chi connectivity index (χ1) is 14.0. The minimum atomic E-state index is -0.725. The maximum Gasteiger partial charge on any atom is 0.303 e. The van der Waals surface area contributed by atoms with Crippen LogP contribution in [0.4, 0.5) is 0 Å². The van der Waals surface area contributed by atoms with Crippen LogP contribution in [0.2, 0.25) is 0 Å². The van der Waals surface area contributed by atoms with Crippen LogP contribution in [0.5, 0.6) is 0 Å². The molecule has 0 aromatic heterocycles. The van der Waals surface area contributed by atoms with Crippen LogP contribution in [0.1, 0.15) is 54.9 Å². The number of thioether (sulfide) groups is 1. The van der Waals surface area contributed by atoms with Gasteiger partial charge in [0, 0.05) is 22.3 Å². The number of carbonyl (C=O) groups is 2. The highest BCUT2D eigenvalue weighted by Gasteiger charge is 2.50. The van der Waals surface area contributed by atoms with Crippen LogP contribution in [0, 0.1) is 5.41 Å². The summed E-state index contributed by atoms with van der Waals surface area (Å²) in [6.45, 7) is 2.26. The molecule has 0 radical (unpaired) electrons. The van der Waals surface area contributed by atoms with E-state index in [4.69, 9.17) is 0 Å². The Morgan fingerprint density at radius 1 is 1.24 bits per heavy atom. The van der Waals surface area contributed by atoms with Crippen LogP contribution in [0.3, 0.4) is 0 Å². The number of hydrogen-bond acceptors (Lipinski definition) is 4. The second-order valence-electron chi connectivity index (χ2n) is 7.81. The molecule has 5 heteroatoms. The topological polar surface area (TPSA) is 74.6 Å². The van der Waals surface area contributed by atoms with E-state index >= 15 is 0 Å². The van der Waals surface area contributed by atoms with Crippen LogP contribution < -0.4 is 0 Å². The van der Waals surface area contributed by atoms with Crippen LogP contribution in [-0.4, -0.2) is 34.3 Å². The number of benzene rings is 2. The third-order valence-corrected chi connectivity index (χ3v) is 7.46. The first kappa shape index (κ1) is 21.6. The lowest BCUT2D eigenvalue weighted by atomic mass is 9.95. The second-order valence-corrected chi connectivity index (χ2v) is 9.05. The molecule has 2 N–H and O–H groups in total. The van der Waals surface area contributed by atoms with E-state index in [1.165, 1.54) is 0 Å². The van der Waals surface area contributed by atoms with Crippen molar-refractivity contribution >= 4 is 24.0 Å². The molecule has 1 saturated carbocycles. The molecule has 3 rings (SSSR count). The summed E-state index contributed by atoms with van der Waals surface area (Å²) in [5.41, 5.74) is 3.74. The van der Waals surface area contributed by atoms with Crippen LogP contribution in [0.15, 0.2) is 47.4 Å². The number of carbonyl (C=O) groups excluding carboxylic acids is 1. The highest BCUT2D eigenvalue weighted by molar-refractivity contribution is 8.00. The Morgan fingerprint density at radius 3 is 2.62 bits per heavy atom. The van der Waals surface area contributed by atoms with Gasteiger partial charge >= 0.3 is 5.97 Å². The van der Waals surface area contributed by atoms with E-state index in [9.17, 15) is 19.8 Å². The van der Waals surface area contributed by atoms with E-state index in [-0.39, 0.29) is 23.7 Å². The SMILES string of the molecule is CCC(Sc1cccc(CCCO)c1-c1cccc(C=O)c1)C1(CC(=O)O)CC1. The van der Waals surface area contributed by atoms with Gasteiger partial charge in [-0.05, 0) is 66.3 Å². The predicted octanol–water partition coefficient (Wildman–Crippen LogP) is 5.22. The first-order valence-electron chi connectivity index (χ1n) is 10.2. The Morgan fingerprint density at radius 2 is 2.00 bits per heavy atom. The Balaban J connectivity index is 2.01. The van der Waals surface area contributed by atoms with E-state index in [0.29, 0.717) is 12.0 Å². The molecule has 154 valence electrons. The van der Waals surface area contributed by atoms with Crippen molar-refractivity contribution in [2.45, 2.75) is 55.6 Å². The lowest BCUT2D eigenvalue weighted by Gasteiger charge is -2.26. The summed E-state index contributed by atoms with van der Waals surface area (Å²) in [6.07, 6.45) is 5.34. The molecule has 29 heavy (non-hydrogen) atoms. The van der Waals surface area contributed by atoms with E-state index in [1.54, 1.807) is 17.8 Å². The number of hydrogen-bond donors (Lipinski definition) is 2. The van der Waals surface area contributed by atoms with Crippen LogP contribution >= 0.6 is 11.8 Å². The number of carboxylic acids is 1. The van der Waals surface area contributed by atoms with Crippen molar-refractivity contribution in [3.63, 3.8) is 0 Å². The number of aliphatic hydroxyl groups is 1. The lowest BCUT2D eigenvalue weighted by Crippen LogP contribution is -2.21. The maximum atomic E-state index is 11.4. The third-order valence-electron chi connectivity index (χ3n) is 5.75. The monoisotopic (exact) mass is 412 g/mol. The van der Waals surface area contributed by atoms with Gasteiger partial charge in [-0.15, -0.1) is 11.8 Å². The smallest absolute Gasteiger partial charge is 0.303 e. The molecule has 4 nitrogen and oxygen atoms in total. The number of carboxylic acid groups (broad SMARTS) is 1. The number of aryl methyl sites for hydroxylation is 1. The highest BCUT2D eigenvalue weighted by Crippen LogP contribution is 2.58. The molecule has 1 aliphatic carbocycles. The van der Waals surface area contributed by atoms with Crippen molar-refractivity contribution in [3.05, 3.63) is 53.6 Å².